The van der Waals surface area contributed by atoms with Crippen LogP contribution in [0.3, 0.4) is 0 Å². The molecule has 0 saturated heterocycles. The molecule has 0 aliphatic carbocycles. The maximum Gasteiger partial charge on any atom is 0.143 e. The predicted octanol–water partition coefficient (Wildman–Crippen LogP) is 24.2. The molecule has 3 nitrogen and oxygen atoms in total. The molecular weight excluding hydrogens is 1080 g/mol. The maximum absolute atomic E-state index is 7.06. The van der Waals surface area contributed by atoms with Crippen LogP contribution < -0.4 is 0 Å². The van der Waals surface area contributed by atoms with Gasteiger partial charge in [0.1, 0.15) is 22.3 Å². The molecule has 15 aromatic carbocycles. The average molecular weight is 1130 g/mol. The summed E-state index contributed by atoms with van der Waals surface area (Å²) in [6, 6.07) is 117. The maximum atomic E-state index is 7.06. The standard InChI is InChI=1S/C86H53NO2/c1-7-21-54(22-8-1)60-37-43-81-74(45-60)77-51-64(56-25-11-3-12-26-56)49-70(85(77)88-81)62-35-41-79-72(47-62)73-48-63(71-50-65(57-27-13-4-14-28-57)52-78-75-46-61(55-23-9-2-10-24-55)38-44-82(75)89-86(71)78)36-42-80(73)87(79)66-39-40-69-76(53-66)84(59-31-17-6-18-32-59)68-34-20-19-33-67(68)83(69)58-29-15-5-16-30-58/h1-53H. The Bertz CT molecular complexity index is 5550. The molecule has 0 atom stereocenters. The van der Waals surface area contributed by atoms with Crippen molar-refractivity contribution >= 4 is 87.2 Å². The van der Waals surface area contributed by atoms with Gasteiger partial charge in [-0.3, -0.25) is 0 Å². The number of hydrogen-bond donors (Lipinski definition) is 0. The van der Waals surface area contributed by atoms with Crippen molar-refractivity contribution in [2.75, 3.05) is 0 Å². The third kappa shape index (κ3) is 8.35. The summed E-state index contributed by atoms with van der Waals surface area (Å²) in [4.78, 5) is 0. The van der Waals surface area contributed by atoms with Gasteiger partial charge in [0.2, 0.25) is 0 Å². The predicted molar refractivity (Wildman–Crippen MR) is 374 cm³/mol. The van der Waals surface area contributed by atoms with Gasteiger partial charge in [0.25, 0.3) is 0 Å². The summed E-state index contributed by atoms with van der Waals surface area (Å²) in [5, 5.41) is 11.4. The molecule has 0 N–H and O–H groups in total. The van der Waals surface area contributed by atoms with Gasteiger partial charge in [0.05, 0.1) is 11.0 Å². The highest BCUT2D eigenvalue weighted by Gasteiger charge is 2.24. The third-order valence-corrected chi connectivity index (χ3v) is 18.3. The number of rotatable bonds is 9. The largest absolute Gasteiger partial charge is 0.455 e. The van der Waals surface area contributed by atoms with Gasteiger partial charge >= 0.3 is 0 Å². The summed E-state index contributed by atoms with van der Waals surface area (Å²) in [6.45, 7) is 0. The number of hydrogen-bond acceptors (Lipinski definition) is 2. The number of furan rings is 2. The van der Waals surface area contributed by atoms with Crippen molar-refractivity contribution in [1.82, 2.24) is 4.57 Å². The minimum absolute atomic E-state index is 0.855. The molecule has 3 heteroatoms. The van der Waals surface area contributed by atoms with Crippen LogP contribution in [0.25, 0.3) is 182 Å². The molecule has 0 amide bonds. The minimum Gasteiger partial charge on any atom is -0.455 e. The highest BCUT2D eigenvalue weighted by Crippen LogP contribution is 2.48. The number of fused-ring (bicyclic) bond motifs is 11. The molecule has 0 saturated carbocycles. The topological polar surface area (TPSA) is 31.2 Å². The van der Waals surface area contributed by atoms with Crippen molar-refractivity contribution in [3.05, 3.63) is 322 Å². The van der Waals surface area contributed by atoms with Crippen LogP contribution in [0.1, 0.15) is 0 Å². The average Bonchev–Trinajstić information content (AvgIpc) is 1.86. The Kier molecular flexibility index (Phi) is 11.6. The Labute approximate surface area is 513 Å². The lowest BCUT2D eigenvalue weighted by Crippen LogP contribution is -1.96. The zero-order valence-corrected chi connectivity index (χ0v) is 48.4. The van der Waals surface area contributed by atoms with Crippen LogP contribution in [0, 0.1) is 0 Å². The number of benzene rings is 15. The zero-order valence-electron chi connectivity index (χ0n) is 48.4. The van der Waals surface area contributed by atoms with E-state index in [1.807, 2.05) is 0 Å². The molecule has 3 heterocycles. The Morgan fingerprint density at radius 2 is 0.528 bits per heavy atom. The quantitative estimate of drug-likeness (QED) is 0.135. The fourth-order valence-electron chi connectivity index (χ4n) is 14.2. The second kappa shape index (κ2) is 20.4. The number of nitrogens with zero attached hydrogens (tertiary/aromatic N) is 1. The van der Waals surface area contributed by atoms with Gasteiger partial charge in [-0.2, -0.15) is 0 Å². The van der Waals surface area contributed by atoms with Crippen molar-refractivity contribution in [3.63, 3.8) is 0 Å². The molecule has 0 bridgehead atoms. The van der Waals surface area contributed by atoms with Gasteiger partial charge in [0, 0.05) is 49.1 Å². The van der Waals surface area contributed by atoms with Gasteiger partial charge in [-0.15, -0.1) is 0 Å². The normalized spacial score (nSPS) is 11.8. The SMILES string of the molecule is c1ccc(-c2ccc3oc4c(-c5ccc6c(c5)c5cc(-c7cc(-c8ccccc8)cc8c7oc7ccc(-c9ccccc9)cc78)ccc5n6-c5ccc6c(-c7ccccc7)c7ccccc7c(-c7ccccc7)c6c5)cc(-c5ccccc5)cc4c3c2)cc1. The van der Waals surface area contributed by atoms with Crippen molar-refractivity contribution < 1.29 is 8.83 Å². The van der Waals surface area contributed by atoms with Gasteiger partial charge in [0.15, 0.2) is 0 Å². The van der Waals surface area contributed by atoms with Crippen LogP contribution in [0.4, 0.5) is 0 Å². The van der Waals surface area contributed by atoms with Crippen molar-refractivity contribution in [3.8, 4) is 94.7 Å². The van der Waals surface area contributed by atoms with Crippen LogP contribution in [0.2, 0.25) is 0 Å². The number of aromatic nitrogens is 1. The Morgan fingerprint density at radius 1 is 0.191 bits per heavy atom. The summed E-state index contributed by atoms with van der Waals surface area (Å²) in [5.74, 6) is 0. The molecule has 0 aliphatic heterocycles. The first-order valence-corrected chi connectivity index (χ1v) is 30.5. The van der Waals surface area contributed by atoms with Gasteiger partial charge in [-0.25, -0.2) is 0 Å². The molecule has 414 valence electrons. The van der Waals surface area contributed by atoms with Gasteiger partial charge in [-0.05, 0) is 184 Å². The van der Waals surface area contributed by atoms with E-state index in [1.165, 1.54) is 54.9 Å². The van der Waals surface area contributed by atoms with Crippen LogP contribution in [0.15, 0.2) is 330 Å². The summed E-state index contributed by atoms with van der Waals surface area (Å²) >= 11 is 0. The monoisotopic (exact) mass is 1130 g/mol. The van der Waals surface area contributed by atoms with E-state index in [9.17, 15) is 0 Å². The van der Waals surface area contributed by atoms with Crippen molar-refractivity contribution in [2.45, 2.75) is 0 Å². The summed E-state index contributed by atoms with van der Waals surface area (Å²) < 4.78 is 16.6. The third-order valence-electron chi connectivity index (χ3n) is 18.3. The first-order valence-electron chi connectivity index (χ1n) is 30.5. The lowest BCUT2D eigenvalue weighted by molar-refractivity contribution is 0.669. The molecule has 89 heavy (non-hydrogen) atoms. The van der Waals surface area contributed by atoms with Gasteiger partial charge < -0.3 is 13.4 Å². The molecule has 18 aromatic rings. The van der Waals surface area contributed by atoms with E-state index < -0.39 is 0 Å². The molecule has 3 aromatic heterocycles. The Hall–Kier alpha value is -11.8. The fourth-order valence-corrected chi connectivity index (χ4v) is 14.2. The Balaban J connectivity index is 0.916. The highest BCUT2D eigenvalue weighted by molar-refractivity contribution is 6.23. The highest BCUT2D eigenvalue weighted by atomic mass is 16.3. The summed E-state index contributed by atoms with van der Waals surface area (Å²) in [5.41, 5.74) is 24.9. The van der Waals surface area contributed by atoms with Gasteiger partial charge in [-0.1, -0.05) is 237 Å². The van der Waals surface area contributed by atoms with E-state index in [2.05, 4.69) is 326 Å². The smallest absolute Gasteiger partial charge is 0.143 e. The first-order chi connectivity index (χ1) is 44.1. The molecule has 0 unspecified atom stereocenters. The van der Waals surface area contributed by atoms with E-state index in [-0.39, 0.29) is 0 Å². The summed E-state index contributed by atoms with van der Waals surface area (Å²) in [7, 11) is 0. The fraction of sp³-hybridized carbons (Fsp3) is 0. The molecule has 0 aliphatic rings. The van der Waals surface area contributed by atoms with E-state index in [4.69, 9.17) is 8.83 Å². The van der Waals surface area contributed by atoms with E-state index in [0.29, 0.717) is 0 Å². The second-order valence-corrected chi connectivity index (χ2v) is 23.4. The second-order valence-electron chi connectivity index (χ2n) is 23.4. The van der Waals surface area contributed by atoms with Crippen LogP contribution in [-0.4, -0.2) is 4.57 Å². The summed E-state index contributed by atoms with van der Waals surface area (Å²) in [6.07, 6.45) is 0. The Morgan fingerprint density at radius 3 is 0.955 bits per heavy atom. The molecule has 0 fully saturated rings. The minimum atomic E-state index is 0.855. The molecular formula is C86H53NO2. The van der Waals surface area contributed by atoms with Crippen molar-refractivity contribution in [2.24, 2.45) is 0 Å². The lowest BCUT2D eigenvalue weighted by Gasteiger charge is -2.19. The van der Waals surface area contributed by atoms with E-state index >= 15 is 0 Å². The van der Waals surface area contributed by atoms with E-state index in [0.717, 1.165) is 127 Å². The molecule has 0 spiro atoms. The van der Waals surface area contributed by atoms with Crippen LogP contribution in [0.5, 0.6) is 0 Å². The zero-order chi connectivity index (χ0) is 58.5. The van der Waals surface area contributed by atoms with E-state index in [1.54, 1.807) is 0 Å². The lowest BCUT2D eigenvalue weighted by atomic mass is 9.86. The molecule has 18 rings (SSSR count). The van der Waals surface area contributed by atoms with Crippen LogP contribution >= 0.6 is 0 Å². The molecule has 0 radical (unpaired) electrons. The first kappa shape index (κ1) is 50.5. The van der Waals surface area contributed by atoms with Crippen molar-refractivity contribution in [1.29, 1.82) is 0 Å². The van der Waals surface area contributed by atoms with Crippen LogP contribution in [-0.2, 0) is 0 Å².